The molecule has 0 spiro atoms. The quantitative estimate of drug-likeness (QED) is 0.897. The average molecular weight is 346 g/mol. The van der Waals surface area contributed by atoms with Gasteiger partial charge >= 0.3 is 0 Å². The van der Waals surface area contributed by atoms with Gasteiger partial charge in [-0.2, -0.15) is 0 Å². The van der Waals surface area contributed by atoms with Gasteiger partial charge in [-0.1, -0.05) is 6.07 Å². The van der Waals surface area contributed by atoms with E-state index in [1.807, 2.05) is 18.2 Å². The minimum absolute atomic E-state index is 0.0609. The van der Waals surface area contributed by atoms with Crippen LogP contribution >= 0.6 is 0 Å². The van der Waals surface area contributed by atoms with Crippen LogP contribution in [0.1, 0.15) is 22.6 Å². The van der Waals surface area contributed by atoms with Crippen LogP contribution in [0.5, 0.6) is 28.7 Å². The van der Waals surface area contributed by atoms with E-state index in [4.69, 9.17) is 23.7 Å². The lowest BCUT2D eigenvalue weighted by Crippen LogP contribution is -2.18. The number of hydrogen-bond donors (Lipinski definition) is 1. The van der Waals surface area contributed by atoms with E-state index < -0.39 is 0 Å². The lowest BCUT2D eigenvalue weighted by atomic mass is 9.86. The fourth-order valence-electron chi connectivity index (χ4n) is 3.22. The molecule has 2 aromatic carbocycles. The number of phenols is 1. The third-order valence-electron chi connectivity index (χ3n) is 4.50. The van der Waals surface area contributed by atoms with E-state index in [-0.39, 0.29) is 11.7 Å². The van der Waals surface area contributed by atoms with Crippen molar-refractivity contribution in [2.45, 2.75) is 12.5 Å². The summed E-state index contributed by atoms with van der Waals surface area (Å²) < 4.78 is 27.2. The molecule has 0 unspecified atom stereocenters. The Bertz CT molecular complexity index is 746. The van der Waals surface area contributed by atoms with Crippen molar-refractivity contribution < 1.29 is 28.8 Å². The molecule has 1 heterocycles. The largest absolute Gasteiger partial charge is 0.504 e. The summed E-state index contributed by atoms with van der Waals surface area (Å²) in [6.07, 6.45) is 0. The van der Waals surface area contributed by atoms with Gasteiger partial charge in [-0.15, -0.1) is 0 Å². The van der Waals surface area contributed by atoms with Crippen LogP contribution in [0.15, 0.2) is 24.3 Å². The molecule has 25 heavy (non-hydrogen) atoms. The van der Waals surface area contributed by atoms with Crippen molar-refractivity contribution in [3.05, 3.63) is 41.0 Å². The summed E-state index contributed by atoms with van der Waals surface area (Å²) in [7, 11) is 6.28. The molecule has 1 aliphatic heterocycles. The molecule has 1 aliphatic rings. The predicted molar refractivity (Wildman–Crippen MR) is 92.3 cm³/mol. The lowest BCUT2D eigenvalue weighted by Gasteiger charge is -2.28. The van der Waals surface area contributed by atoms with Crippen LogP contribution in [0.3, 0.4) is 0 Å². The summed E-state index contributed by atoms with van der Waals surface area (Å²) in [5.41, 5.74) is 2.70. The summed E-state index contributed by atoms with van der Waals surface area (Å²) in [6.45, 7) is 0.844. The van der Waals surface area contributed by atoms with Crippen molar-refractivity contribution >= 4 is 0 Å². The van der Waals surface area contributed by atoms with E-state index >= 15 is 0 Å². The lowest BCUT2D eigenvalue weighted by molar-refractivity contribution is 0.0967. The molecule has 6 nitrogen and oxygen atoms in total. The Morgan fingerprint density at radius 3 is 2.12 bits per heavy atom. The highest BCUT2D eigenvalue weighted by Crippen LogP contribution is 2.45. The number of fused-ring (bicyclic) bond motifs is 1. The molecular weight excluding hydrogens is 324 g/mol. The summed E-state index contributed by atoms with van der Waals surface area (Å²) in [4.78, 5) is 0. The molecule has 3 rings (SSSR count). The van der Waals surface area contributed by atoms with Gasteiger partial charge in [0.05, 0.1) is 41.7 Å². The molecule has 0 saturated heterocycles. The monoisotopic (exact) mass is 346 g/mol. The van der Waals surface area contributed by atoms with Crippen LogP contribution in [-0.4, -0.2) is 40.2 Å². The molecule has 0 fully saturated rings. The SMILES string of the molecule is COc1ccc2c(c1O)COC[C@H]2c1cc(OC)c(OC)c(OC)c1. The van der Waals surface area contributed by atoms with Crippen molar-refractivity contribution in [3.8, 4) is 28.7 Å². The Morgan fingerprint density at radius 1 is 0.920 bits per heavy atom. The third kappa shape index (κ3) is 2.93. The summed E-state index contributed by atoms with van der Waals surface area (Å²) in [5, 5.41) is 10.4. The summed E-state index contributed by atoms with van der Waals surface area (Å²) in [5.74, 6) is 2.21. The first-order chi connectivity index (χ1) is 12.1. The fraction of sp³-hybridized carbons (Fsp3) is 0.368. The molecule has 0 bridgehead atoms. The molecule has 0 aliphatic carbocycles. The van der Waals surface area contributed by atoms with Crippen molar-refractivity contribution in [3.63, 3.8) is 0 Å². The van der Waals surface area contributed by atoms with Crippen LogP contribution in [0.25, 0.3) is 0 Å². The Kier molecular flexibility index (Phi) is 4.90. The first-order valence-electron chi connectivity index (χ1n) is 7.90. The molecule has 2 aromatic rings. The van der Waals surface area contributed by atoms with Crippen molar-refractivity contribution in [1.82, 2.24) is 0 Å². The van der Waals surface area contributed by atoms with E-state index in [0.717, 1.165) is 16.7 Å². The van der Waals surface area contributed by atoms with Gasteiger partial charge in [0.15, 0.2) is 23.0 Å². The molecule has 1 atom stereocenters. The smallest absolute Gasteiger partial charge is 0.203 e. The topological polar surface area (TPSA) is 66.4 Å². The highest BCUT2D eigenvalue weighted by atomic mass is 16.5. The first kappa shape index (κ1) is 17.2. The number of phenolic OH excluding ortho intramolecular Hbond substituents is 1. The first-order valence-corrected chi connectivity index (χ1v) is 7.90. The van der Waals surface area contributed by atoms with Crippen molar-refractivity contribution in [2.24, 2.45) is 0 Å². The maximum Gasteiger partial charge on any atom is 0.203 e. The Balaban J connectivity index is 2.12. The molecular formula is C19H22O6. The number of methoxy groups -OCH3 is 4. The number of ether oxygens (including phenoxy) is 5. The van der Waals surface area contributed by atoms with Crippen LogP contribution < -0.4 is 18.9 Å². The number of benzene rings is 2. The van der Waals surface area contributed by atoms with Crippen LogP contribution in [-0.2, 0) is 11.3 Å². The van der Waals surface area contributed by atoms with Gasteiger partial charge in [0.1, 0.15) is 0 Å². The molecule has 0 amide bonds. The van der Waals surface area contributed by atoms with Gasteiger partial charge < -0.3 is 28.8 Å². The van der Waals surface area contributed by atoms with Crippen molar-refractivity contribution in [2.75, 3.05) is 35.0 Å². The van der Waals surface area contributed by atoms with Gasteiger partial charge in [0.2, 0.25) is 5.75 Å². The van der Waals surface area contributed by atoms with Gasteiger partial charge in [0.25, 0.3) is 0 Å². The maximum absolute atomic E-state index is 10.4. The van der Waals surface area contributed by atoms with E-state index in [1.54, 1.807) is 27.4 Å². The van der Waals surface area contributed by atoms with E-state index in [2.05, 4.69) is 0 Å². The van der Waals surface area contributed by atoms with Crippen LogP contribution in [0.4, 0.5) is 0 Å². The third-order valence-corrected chi connectivity index (χ3v) is 4.50. The molecule has 0 radical (unpaired) electrons. The standard InChI is InChI=1S/C19H22O6/c1-21-15-6-5-12-13(9-25-10-14(12)18(15)20)11-7-16(22-2)19(24-4)17(8-11)23-3/h5-8,13,20H,9-10H2,1-4H3/t13-/m0/s1. The second-order valence-electron chi connectivity index (χ2n) is 5.71. The zero-order chi connectivity index (χ0) is 18.0. The highest BCUT2D eigenvalue weighted by molar-refractivity contribution is 5.58. The number of aromatic hydroxyl groups is 1. The minimum atomic E-state index is -0.0609. The zero-order valence-electron chi connectivity index (χ0n) is 14.8. The summed E-state index contributed by atoms with van der Waals surface area (Å²) in [6, 6.07) is 7.55. The Hall–Kier alpha value is -2.60. The fourth-order valence-corrected chi connectivity index (χ4v) is 3.22. The second kappa shape index (κ2) is 7.11. The normalized spacial score (nSPS) is 16.1. The van der Waals surface area contributed by atoms with E-state index in [0.29, 0.717) is 36.2 Å². The van der Waals surface area contributed by atoms with Crippen LogP contribution in [0.2, 0.25) is 0 Å². The van der Waals surface area contributed by atoms with E-state index in [1.165, 1.54) is 7.11 Å². The predicted octanol–water partition coefficient (Wildman–Crippen LogP) is 3.09. The Labute approximate surface area is 146 Å². The number of hydrogen-bond acceptors (Lipinski definition) is 6. The van der Waals surface area contributed by atoms with Gasteiger partial charge in [0, 0.05) is 11.5 Å². The van der Waals surface area contributed by atoms with Gasteiger partial charge in [-0.3, -0.25) is 0 Å². The molecule has 0 aromatic heterocycles. The zero-order valence-corrected chi connectivity index (χ0v) is 14.8. The average Bonchev–Trinajstić information content (AvgIpc) is 2.66. The molecule has 1 N–H and O–H groups in total. The molecule has 0 saturated carbocycles. The summed E-state index contributed by atoms with van der Waals surface area (Å²) >= 11 is 0. The number of rotatable bonds is 5. The highest BCUT2D eigenvalue weighted by Gasteiger charge is 2.28. The van der Waals surface area contributed by atoms with Crippen LogP contribution in [0, 0.1) is 0 Å². The van der Waals surface area contributed by atoms with Gasteiger partial charge in [-0.05, 0) is 29.3 Å². The Morgan fingerprint density at radius 2 is 1.56 bits per heavy atom. The van der Waals surface area contributed by atoms with Gasteiger partial charge in [-0.25, -0.2) is 0 Å². The van der Waals surface area contributed by atoms with Crippen molar-refractivity contribution in [1.29, 1.82) is 0 Å². The second-order valence-corrected chi connectivity index (χ2v) is 5.71. The molecule has 6 heteroatoms. The van der Waals surface area contributed by atoms with E-state index in [9.17, 15) is 5.11 Å². The molecule has 134 valence electrons. The maximum atomic E-state index is 10.4. The minimum Gasteiger partial charge on any atom is -0.504 e.